The summed E-state index contributed by atoms with van der Waals surface area (Å²) in [5.41, 5.74) is 5.99. The lowest BCUT2D eigenvalue weighted by Gasteiger charge is -2.31. The number of amides is 1. The first-order chi connectivity index (χ1) is 11.0. The molecule has 0 spiro atoms. The van der Waals surface area contributed by atoms with E-state index in [0.717, 1.165) is 0 Å². The van der Waals surface area contributed by atoms with Crippen molar-refractivity contribution in [1.29, 1.82) is 0 Å². The fourth-order valence-corrected chi connectivity index (χ4v) is 4.14. The molecular weight excluding hydrogens is 314 g/mol. The van der Waals surface area contributed by atoms with Gasteiger partial charge in [0.05, 0.1) is 12.5 Å². The highest BCUT2D eigenvalue weighted by Gasteiger charge is 2.46. The normalized spacial score (nSPS) is 29.4. The van der Waals surface area contributed by atoms with Gasteiger partial charge in [-0.15, -0.1) is 11.3 Å². The molecule has 0 aromatic carbocycles. The van der Waals surface area contributed by atoms with Crippen molar-refractivity contribution < 1.29 is 14.3 Å². The molecule has 1 aliphatic heterocycles. The molecule has 1 saturated heterocycles. The molecule has 1 aromatic rings. The molecule has 7 heteroatoms. The monoisotopic (exact) mass is 335 g/mol. The van der Waals surface area contributed by atoms with Crippen LogP contribution in [0.3, 0.4) is 0 Å². The summed E-state index contributed by atoms with van der Waals surface area (Å²) >= 11 is 1.26. The van der Waals surface area contributed by atoms with Crippen LogP contribution in [0, 0.1) is 23.7 Å². The number of ether oxygens (including phenoxy) is 1. The number of thiazole rings is 1. The van der Waals surface area contributed by atoms with Gasteiger partial charge in [-0.05, 0) is 24.7 Å². The average Bonchev–Trinajstić information content (AvgIpc) is 3.12. The minimum atomic E-state index is -0.191. The smallest absolute Gasteiger partial charge is 0.309 e. The molecule has 124 valence electrons. The van der Waals surface area contributed by atoms with Crippen LogP contribution < -0.4 is 5.73 Å². The van der Waals surface area contributed by atoms with Crippen LogP contribution in [-0.4, -0.2) is 41.5 Å². The molecule has 1 aliphatic carbocycles. The van der Waals surface area contributed by atoms with E-state index >= 15 is 0 Å². The molecule has 4 atom stereocenters. The summed E-state index contributed by atoms with van der Waals surface area (Å²) in [6, 6.07) is 0. The fourth-order valence-electron chi connectivity index (χ4n) is 3.61. The zero-order chi connectivity index (χ0) is 16.6. The Hall–Kier alpha value is -1.89. The van der Waals surface area contributed by atoms with E-state index in [0.29, 0.717) is 30.5 Å². The van der Waals surface area contributed by atoms with Gasteiger partial charge < -0.3 is 15.4 Å². The van der Waals surface area contributed by atoms with Gasteiger partial charge in [0.2, 0.25) is 0 Å². The summed E-state index contributed by atoms with van der Waals surface area (Å²) in [6.07, 6.45) is 4.20. The Kier molecular flexibility index (Phi) is 4.39. The van der Waals surface area contributed by atoms with Crippen LogP contribution in [-0.2, 0) is 9.53 Å². The van der Waals surface area contributed by atoms with Crippen LogP contribution in [0.25, 0.3) is 0 Å². The van der Waals surface area contributed by atoms with Crippen molar-refractivity contribution in [2.45, 2.75) is 13.8 Å². The van der Waals surface area contributed by atoms with Crippen molar-refractivity contribution in [2.75, 3.05) is 25.4 Å². The van der Waals surface area contributed by atoms with Crippen molar-refractivity contribution in [3.63, 3.8) is 0 Å². The van der Waals surface area contributed by atoms with E-state index in [1.807, 2.05) is 13.8 Å². The van der Waals surface area contributed by atoms with Crippen molar-refractivity contribution >= 4 is 28.3 Å². The topological polar surface area (TPSA) is 85.5 Å². The van der Waals surface area contributed by atoms with Gasteiger partial charge in [-0.1, -0.05) is 19.1 Å². The molecule has 2 aliphatic rings. The maximum atomic E-state index is 12.6. The maximum Gasteiger partial charge on any atom is 0.309 e. The number of nitrogens with two attached hydrogens (primary N) is 1. The van der Waals surface area contributed by atoms with E-state index in [2.05, 4.69) is 17.1 Å². The van der Waals surface area contributed by atoms with Crippen molar-refractivity contribution in [1.82, 2.24) is 9.88 Å². The largest absolute Gasteiger partial charge is 0.466 e. The second-order valence-electron chi connectivity index (χ2n) is 6.13. The number of likely N-dealkylation sites (tertiary alicyclic amines) is 1. The summed E-state index contributed by atoms with van der Waals surface area (Å²) in [7, 11) is 0. The Labute approximate surface area is 139 Å². The van der Waals surface area contributed by atoms with Gasteiger partial charge in [0, 0.05) is 18.5 Å². The number of carbonyl (C=O) groups is 2. The lowest BCUT2D eigenvalue weighted by atomic mass is 9.72. The van der Waals surface area contributed by atoms with Crippen LogP contribution >= 0.6 is 11.3 Å². The van der Waals surface area contributed by atoms with Crippen molar-refractivity contribution in [3.05, 3.63) is 23.2 Å². The van der Waals surface area contributed by atoms with E-state index in [-0.39, 0.29) is 35.5 Å². The minimum Gasteiger partial charge on any atom is -0.466 e. The molecule has 0 radical (unpaired) electrons. The zero-order valence-corrected chi connectivity index (χ0v) is 14.1. The standard InChI is InChI=1S/C16H21N3O3S/c1-3-22-15(21)13-9(2)4-5-10-6-19(7-11(10)13)14(20)12-8-23-16(17)18-12/h4-5,8-11,13H,3,6-7H2,1-2H3,(H2,17,18)/t9-,10-,11-,13-/m0/s1. The third-order valence-corrected chi connectivity index (χ3v) is 5.36. The van der Waals surface area contributed by atoms with E-state index < -0.39 is 0 Å². The Morgan fingerprint density at radius 3 is 2.87 bits per heavy atom. The molecule has 0 saturated carbocycles. The highest BCUT2D eigenvalue weighted by atomic mass is 32.1. The molecule has 1 amide bonds. The number of rotatable bonds is 3. The van der Waals surface area contributed by atoms with Gasteiger partial charge >= 0.3 is 5.97 Å². The second kappa shape index (κ2) is 6.31. The number of fused-ring (bicyclic) bond motifs is 1. The third-order valence-electron chi connectivity index (χ3n) is 4.69. The first kappa shape index (κ1) is 16.0. The lowest BCUT2D eigenvalue weighted by molar-refractivity contribution is -0.152. The lowest BCUT2D eigenvalue weighted by Crippen LogP contribution is -2.37. The number of nitrogen functional groups attached to an aromatic ring is 1. The molecule has 0 bridgehead atoms. The zero-order valence-electron chi connectivity index (χ0n) is 13.3. The maximum absolute atomic E-state index is 12.6. The molecule has 6 nitrogen and oxygen atoms in total. The fraction of sp³-hybridized carbons (Fsp3) is 0.562. The molecule has 2 heterocycles. The van der Waals surface area contributed by atoms with Crippen molar-refractivity contribution in [3.8, 4) is 0 Å². The van der Waals surface area contributed by atoms with Crippen LogP contribution in [0.2, 0.25) is 0 Å². The van der Waals surface area contributed by atoms with Crippen molar-refractivity contribution in [2.24, 2.45) is 23.7 Å². The van der Waals surface area contributed by atoms with Gasteiger partial charge in [-0.2, -0.15) is 0 Å². The van der Waals surface area contributed by atoms with Gasteiger partial charge in [0.25, 0.3) is 5.91 Å². The Morgan fingerprint density at radius 2 is 2.22 bits per heavy atom. The predicted octanol–water partition coefficient (Wildman–Crippen LogP) is 1.80. The Balaban J connectivity index is 1.77. The second-order valence-corrected chi connectivity index (χ2v) is 7.02. The highest BCUT2D eigenvalue weighted by Crippen LogP contribution is 2.40. The highest BCUT2D eigenvalue weighted by molar-refractivity contribution is 7.13. The van der Waals surface area contributed by atoms with Crippen LogP contribution in [0.4, 0.5) is 5.13 Å². The number of esters is 1. The summed E-state index contributed by atoms with van der Waals surface area (Å²) in [4.78, 5) is 30.7. The molecule has 3 rings (SSSR count). The Morgan fingerprint density at radius 1 is 1.43 bits per heavy atom. The number of carbonyl (C=O) groups excluding carboxylic acids is 2. The SMILES string of the molecule is CCOC(=O)[C@@H]1[C@H]2CN(C(=O)c3csc(N)n3)C[C@@H]2C=C[C@@H]1C. The predicted molar refractivity (Wildman–Crippen MR) is 87.8 cm³/mol. The Bertz CT molecular complexity index is 642. The van der Waals surface area contributed by atoms with E-state index in [1.165, 1.54) is 11.3 Å². The van der Waals surface area contributed by atoms with Gasteiger partial charge in [-0.25, -0.2) is 4.98 Å². The number of aromatic nitrogens is 1. The number of nitrogens with zero attached hydrogens (tertiary/aromatic N) is 2. The van der Waals surface area contributed by atoms with Gasteiger partial charge in [-0.3, -0.25) is 9.59 Å². The summed E-state index contributed by atoms with van der Waals surface area (Å²) in [5, 5.41) is 2.07. The van der Waals surface area contributed by atoms with E-state index in [9.17, 15) is 9.59 Å². The van der Waals surface area contributed by atoms with E-state index in [4.69, 9.17) is 10.5 Å². The molecule has 23 heavy (non-hydrogen) atoms. The summed E-state index contributed by atoms with van der Waals surface area (Å²) in [6.45, 7) is 5.39. The summed E-state index contributed by atoms with van der Waals surface area (Å²) < 4.78 is 5.24. The van der Waals surface area contributed by atoms with Crippen LogP contribution in [0.5, 0.6) is 0 Å². The van der Waals surface area contributed by atoms with Crippen LogP contribution in [0.15, 0.2) is 17.5 Å². The first-order valence-electron chi connectivity index (χ1n) is 7.86. The molecular formula is C16H21N3O3S. The first-order valence-corrected chi connectivity index (χ1v) is 8.74. The number of anilines is 1. The average molecular weight is 335 g/mol. The van der Waals surface area contributed by atoms with E-state index in [1.54, 1.807) is 10.3 Å². The minimum absolute atomic E-state index is 0.106. The summed E-state index contributed by atoms with van der Waals surface area (Å²) in [5.74, 6) is -0.0411. The van der Waals surface area contributed by atoms with Crippen LogP contribution in [0.1, 0.15) is 24.3 Å². The molecule has 1 fully saturated rings. The third kappa shape index (κ3) is 2.97. The number of allylic oxidation sites excluding steroid dienone is 1. The number of hydrogen-bond acceptors (Lipinski definition) is 6. The number of hydrogen-bond donors (Lipinski definition) is 1. The molecule has 1 aromatic heterocycles. The molecule has 0 unspecified atom stereocenters. The van der Waals surface area contributed by atoms with Gasteiger partial charge in [0.15, 0.2) is 5.13 Å². The molecule has 2 N–H and O–H groups in total. The quantitative estimate of drug-likeness (QED) is 0.672. The van der Waals surface area contributed by atoms with Gasteiger partial charge in [0.1, 0.15) is 5.69 Å².